The molecule has 4 rings (SSSR count). The Hall–Kier alpha value is -1.72. The fourth-order valence-electron chi connectivity index (χ4n) is 4.11. The fraction of sp³-hybridized carbons (Fsp3) is 0.609. The van der Waals surface area contributed by atoms with Crippen molar-refractivity contribution < 1.29 is 9.47 Å². The second-order valence-corrected chi connectivity index (χ2v) is 8.28. The lowest BCUT2D eigenvalue weighted by atomic mass is 10.1. The molecular formula is C23H35IN6O2. The number of benzene rings is 1. The van der Waals surface area contributed by atoms with Crippen LogP contribution in [0.5, 0.6) is 0 Å². The van der Waals surface area contributed by atoms with Crippen LogP contribution in [0.25, 0.3) is 0 Å². The summed E-state index contributed by atoms with van der Waals surface area (Å²) in [6, 6.07) is 8.82. The van der Waals surface area contributed by atoms with E-state index in [1.165, 1.54) is 11.1 Å². The number of ether oxygens (including phenoxy) is 2. The summed E-state index contributed by atoms with van der Waals surface area (Å²) < 4.78 is 13.5. The molecular weight excluding hydrogens is 519 g/mol. The molecule has 1 saturated heterocycles. The number of fused-ring (bicyclic) bond motifs is 1. The highest BCUT2D eigenvalue weighted by atomic mass is 127. The number of guanidine groups is 1. The van der Waals surface area contributed by atoms with Gasteiger partial charge in [0, 0.05) is 32.2 Å². The molecule has 32 heavy (non-hydrogen) atoms. The molecule has 176 valence electrons. The lowest BCUT2D eigenvalue weighted by Gasteiger charge is -2.25. The zero-order valence-electron chi connectivity index (χ0n) is 19.0. The third-order valence-electron chi connectivity index (χ3n) is 5.71. The average molecular weight is 554 g/mol. The van der Waals surface area contributed by atoms with Gasteiger partial charge in [0.1, 0.15) is 11.6 Å². The van der Waals surface area contributed by atoms with E-state index in [1.54, 1.807) is 0 Å². The Kier molecular flexibility index (Phi) is 9.73. The SMILES string of the molecule is CCNC(=NCc1cccc(COC2CCOCC2)c1)NC1CCc2nc(C)nn2C1.I. The Balaban J connectivity index is 0.00000289. The molecule has 0 bridgehead atoms. The highest BCUT2D eigenvalue weighted by Crippen LogP contribution is 2.15. The van der Waals surface area contributed by atoms with Gasteiger partial charge in [0.05, 0.1) is 25.8 Å². The number of nitrogens with zero attached hydrogens (tertiary/aromatic N) is 4. The maximum Gasteiger partial charge on any atom is 0.191 e. The van der Waals surface area contributed by atoms with E-state index in [2.05, 4.69) is 51.9 Å². The van der Waals surface area contributed by atoms with E-state index in [-0.39, 0.29) is 24.0 Å². The maximum atomic E-state index is 6.07. The molecule has 0 aliphatic carbocycles. The number of nitrogens with one attached hydrogen (secondary N) is 2. The van der Waals surface area contributed by atoms with Gasteiger partial charge in [-0.25, -0.2) is 14.7 Å². The largest absolute Gasteiger partial charge is 0.381 e. The van der Waals surface area contributed by atoms with Crippen molar-refractivity contribution in [2.24, 2.45) is 4.99 Å². The topological polar surface area (TPSA) is 85.6 Å². The number of aromatic nitrogens is 3. The number of aliphatic imine (C=N–C) groups is 1. The molecule has 8 nitrogen and oxygen atoms in total. The van der Waals surface area contributed by atoms with Crippen molar-refractivity contribution >= 4 is 29.9 Å². The summed E-state index contributed by atoms with van der Waals surface area (Å²) in [5.41, 5.74) is 2.38. The van der Waals surface area contributed by atoms with Gasteiger partial charge in [-0.2, -0.15) is 5.10 Å². The third kappa shape index (κ3) is 7.14. The Morgan fingerprint density at radius 2 is 2.06 bits per heavy atom. The maximum absolute atomic E-state index is 6.07. The van der Waals surface area contributed by atoms with Crippen molar-refractivity contribution in [3.63, 3.8) is 0 Å². The predicted octanol–water partition coefficient (Wildman–Crippen LogP) is 2.97. The quantitative estimate of drug-likeness (QED) is 0.311. The zero-order chi connectivity index (χ0) is 21.5. The minimum Gasteiger partial charge on any atom is -0.381 e. The summed E-state index contributed by atoms with van der Waals surface area (Å²) in [6.45, 7) is 8.55. The highest BCUT2D eigenvalue weighted by Gasteiger charge is 2.21. The minimum absolute atomic E-state index is 0. The van der Waals surface area contributed by atoms with Gasteiger partial charge in [-0.05, 0) is 44.2 Å². The van der Waals surface area contributed by atoms with E-state index in [0.717, 1.165) is 69.6 Å². The molecule has 9 heteroatoms. The Labute approximate surface area is 207 Å². The van der Waals surface area contributed by atoms with E-state index < -0.39 is 0 Å². The number of halogens is 1. The smallest absolute Gasteiger partial charge is 0.191 e. The lowest BCUT2D eigenvalue weighted by Crippen LogP contribution is -2.47. The van der Waals surface area contributed by atoms with Gasteiger partial charge >= 0.3 is 0 Å². The van der Waals surface area contributed by atoms with Gasteiger partial charge in [0.15, 0.2) is 5.96 Å². The van der Waals surface area contributed by atoms with Crippen LogP contribution in [-0.2, 0) is 35.6 Å². The molecule has 1 aromatic carbocycles. The molecule has 1 aromatic heterocycles. The van der Waals surface area contributed by atoms with Gasteiger partial charge in [0.25, 0.3) is 0 Å². The van der Waals surface area contributed by atoms with E-state index >= 15 is 0 Å². The third-order valence-corrected chi connectivity index (χ3v) is 5.71. The Bertz CT molecular complexity index is 881. The van der Waals surface area contributed by atoms with Crippen LogP contribution in [0.3, 0.4) is 0 Å². The molecule has 2 aliphatic rings. The molecule has 1 unspecified atom stereocenters. The van der Waals surface area contributed by atoms with Crippen LogP contribution in [0.15, 0.2) is 29.3 Å². The van der Waals surface area contributed by atoms with Crippen molar-refractivity contribution in [1.29, 1.82) is 0 Å². The van der Waals surface area contributed by atoms with Gasteiger partial charge in [-0.1, -0.05) is 24.3 Å². The van der Waals surface area contributed by atoms with Crippen molar-refractivity contribution in [2.45, 2.75) is 71.4 Å². The molecule has 0 spiro atoms. The normalized spacial score (nSPS) is 19.2. The molecule has 0 radical (unpaired) electrons. The van der Waals surface area contributed by atoms with Crippen LogP contribution < -0.4 is 10.6 Å². The zero-order valence-corrected chi connectivity index (χ0v) is 21.4. The van der Waals surface area contributed by atoms with Crippen LogP contribution in [0.2, 0.25) is 0 Å². The lowest BCUT2D eigenvalue weighted by molar-refractivity contribution is -0.0390. The number of aryl methyl sites for hydroxylation is 2. The number of hydrogen-bond acceptors (Lipinski definition) is 5. The van der Waals surface area contributed by atoms with Gasteiger partial charge in [-0.15, -0.1) is 24.0 Å². The van der Waals surface area contributed by atoms with E-state index in [9.17, 15) is 0 Å². The Morgan fingerprint density at radius 1 is 1.25 bits per heavy atom. The molecule has 2 aliphatic heterocycles. The summed E-state index contributed by atoms with van der Waals surface area (Å²) >= 11 is 0. The van der Waals surface area contributed by atoms with Gasteiger partial charge < -0.3 is 20.1 Å². The molecule has 2 N–H and O–H groups in total. The number of hydrogen-bond donors (Lipinski definition) is 2. The summed E-state index contributed by atoms with van der Waals surface area (Å²) in [5, 5.41) is 11.4. The van der Waals surface area contributed by atoms with E-state index in [1.807, 2.05) is 11.6 Å². The van der Waals surface area contributed by atoms with Crippen LogP contribution in [-0.4, -0.2) is 52.6 Å². The summed E-state index contributed by atoms with van der Waals surface area (Å²) in [6.07, 6.45) is 4.25. The number of rotatable bonds is 7. The second-order valence-electron chi connectivity index (χ2n) is 8.28. The first kappa shape index (κ1) is 24.9. The van der Waals surface area contributed by atoms with Gasteiger partial charge in [0.2, 0.25) is 0 Å². The fourth-order valence-corrected chi connectivity index (χ4v) is 4.11. The average Bonchev–Trinajstić information content (AvgIpc) is 3.16. The molecule has 3 heterocycles. The van der Waals surface area contributed by atoms with Crippen LogP contribution in [0, 0.1) is 6.92 Å². The monoisotopic (exact) mass is 554 g/mol. The van der Waals surface area contributed by atoms with Crippen LogP contribution >= 0.6 is 24.0 Å². The van der Waals surface area contributed by atoms with Crippen LogP contribution in [0.4, 0.5) is 0 Å². The first-order valence-corrected chi connectivity index (χ1v) is 11.4. The van der Waals surface area contributed by atoms with E-state index in [4.69, 9.17) is 14.5 Å². The summed E-state index contributed by atoms with van der Waals surface area (Å²) in [7, 11) is 0. The molecule has 1 atom stereocenters. The molecule has 0 saturated carbocycles. The summed E-state index contributed by atoms with van der Waals surface area (Å²) in [4.78, 5) is 9.31. The molecule has 1 fully saturated rings. The minimum atomic E-state index is 0. The Morgan fingerprint density at radius 3 is 2.88 bits per heavy atom. The van der Waals surface area contributed by atoms with Crippen molar-refractivity contribution in [3.05, 3.63) is 47.0 Å². The van der Waals surface area contributed by atoms with Crippen molar-refractivity contribution in [1.82, 2.24) is 25.4 Å². The van der Waals surface area contributed by atoms with E-state index in [0.29, 0.717) is 25.3 Å². The van der Waals surface area contributed by atoms with Crippen molar-refractivity contribution in [3.8, 4) is 0 Å². The molecule has 0 amide bonds. The first-order chi connectivity index (χ1) is 15.2. The first-order valence-electron chi connectivity index (χ1n) is 11.4. The van der Waals surface area contributed by atoms with Crippen LogP contribution in [0.1, 0.15) is 49.0 Å². The van der Waals surface area contributed by atoms with Gasteiger partial charge in [-0.3, -0.25) is 0 Å². The standard InChI is InChI=1S/C23H34N6O2.HI/c1-3-24-23(27-20-7-8-22-26-17(2)28-29(22)15-20)25-14-18-5-4-6-19(13-18)16-31-21-9-11-30-12-10-21;/h4-6,13,20-21H,3,7-12,14-16H2,1-2H3,(H2,24,25,27);1H. The highest BCUT2D eigenvalue weighted by molar-refractivity contribution is 14.0. The van der Waals surface area contributed by atoms with Crippen molar-refractivity contribution in [2.75, 3.05) is 19.8 Å². The second kappa shape index (κ2) is 12.5. The predicted molar refractivity (Wildman–Crippen MR) is 135 cm³/mol. The molecule has 2 aromatic rings. The summed E-state index contributed by atoms with van der Waals surface area (Å²) in [5.74, 6) is 2.77.